The highest BCUT2D eigenvalue weighted by Crippen LogP contribution is 2.07. The lowest BCUT2D eigenvalue weighted by atomic mass is 10.0. The predicted molar refractivity (Wildman–Crippen MR) is 61.5 cm³/mol. The number of nitrogens with zero attached hydrogens (tertiary/aromatic N) is 1. The van der Waals surface area contributed by atoms with E-state index >= 15 is 0 Å². The van der Waals surface area contributed by atoms with Gasteiger partial charge in [0.15, 0.2) is 0 Å². The van der Waals surface area contributed by atoms with Crippen LogP contribution >= 0.6 is 0 Å². The summed E-state index contributed by atoms with van der Waals surface area (Å²) in [4.78, 5) is 13.8. The van der Waals surface area contributed by atoms with Crippen LogP contribution in [0.5, 0.6) is 0 Å². The fourth-order valence-electron chi connectivity index (χ4n) is 1.79. The highest BCUT2D eigenvalue weighted by atomic mass is 16.1. The molecule has 1 fully saturated rings. The zero-order valence-electron chi connectivity index (χ0n) is 9.99. The first kappa shape index (κ1) is 12.5. The topological polar surface area (TPSA) is 58.4 Å². The molecule has 0 aromatic carbocycles. The van der Waals surface area contributed by atoms with Gasteiger partial charge in [-0.2, -0.15) is 0 Å². The third kappa shape index (κ3) is 4.18. The summed E-state index contributed by atoms with van der Waals surface area (Å²) in [5, 5.41) is 3.03. The number of carbonyl (C=O) groups excluding carboxylic acids is 1. The minimum absolute atomic E-state index is 0.0240. The number of hydrogen-bond donors (Lipinski definition) is 2. The van der Waals surface area contributed by atoms with Crippen LogP contribution in [0.2, 0.25) is 0 Å². The molecule has 0 aliphatic carbocycles. The molecule has 0 aromatic heterocycles. The van der Waals surface area contributed by atoms with Crippen LogP contribution in [0.4, 0.5) is 0 Å². The normalized spacial score (nSPS) is 24.5. The molecule has 1 amide bonds. The molecule has 1 aliphatic rings. The van der Waals surface area contributed by atoms with E-state index in [1.807, 2.05) is 13.8 Å². The molecule has 0 aromatic rings. The number of likely N-dealkylation sites (N-methyl/N-ethyl adjacent to an activating group) is 1. The molecule has 4 nitrogen and oxygen atoms in total. The monoisotopic (exact) mass is 213 g/mol. The van der Waals surface area contributed by atoms with E-state index < -0.39 is 0 Å². The van der Waals surface area contributed by atoms with Crippen molar-refractivity contribution >= 4 is 5.91 Å². The van der Waals surface area contributed by atoms with Gasteiger partial charge in [0.1, 0.15) is 0 Å². The van der Waals surface area contributed by atoms with Gasteiger partial charge in [-0.1, -0.05) is 13.8 Å². The first-order valence-corrected chi connectivity index (χ1v) is 5.72. The lowest BCUT2D eigenvalue weighted by molar-refractivity contribution is -0.122. The van der Waals surface area contributed by atoms with Gasteiger partial charge in [0.2, 0.25) is 5.91 Å². The summed E-state index contributed by atoms with van der Waals surface area (Å²) in [7, 11) is 2.08. The van der Waals surface area contributed by atoms with Gasteiger partial charge in [-0.15, -0.1) is 0 Å². The fraction of sp³-hybridized carbons (Fsp3) is 0.909. The molecule has 1 aliphatic heterocycles. The quantitative estimate of drug-likeness (QED) is 0.700. The largest absolute Gasteiger partial charge is 0.352 e. The van der Waals surface area contributed by atoms with Gasteiger partial charge < -0.3 is 16.0 Å². The minimum Gasteiger partial charge on any atom is -0.352 e. The van der Waals surface area contributed by atoms with E-state index in [2.05, 4.69) is 17.3 Å². The number of hydrogen-bond acceptors (Lipinski definition) is 3. The van der Waals surface area contributed by atoms with Gasteiger partial charge in [-0.25, -0.2) is 0 Å². The van der Waals surface area contributed by atoms with E-state index in [-0.39, 0.29) is 11.9 Å². The lowest BCUT2D eigenvalue weighted by Gasteiger charge is -2.17. The molecule has 0 bridgehead atoms. The summed E-state index contributed by atoms with van der Waals surface area (Å²) in [5.74, 6) is 0.457. The number of nitrogens with one attached hydrogen (secondary N) is 1. The molecule has 0 spiro atoms. The van der Waals surface area contributed by atoms with Crippen molar-refractivity contribution in [2.24, 2.45) is 11.7 Å². The van der Waals surface area contributed by atoms with Crippen molar-refractivity contribution in [3.05, 3.63) is 0 Å². The predicted octanol–water partition coefficient (Wildman–Crippen LogP) is 0.180. The Kier molecular flexibility index (Phi) is 4.54. The van der Waals surface area contributed by atoms with E-state index in [0.29, 0.717) is 18.4 Å². The number of likely N-dealkylation sites (tertiary alicyclic amines) is 1. The highest BCUT2D eigenvalue weighted by molar-refractivity contribution is 5.76. The summed E-state index contributed by atoms with van der Waals surface area (Å²) < 4.78 is 0. The summed E-state index contributed by atoms with van der Waals surface area (Å²) in [6, 6.07) is 0.297. The molecule has 0 saturated carbocycles. The SMILES string of the molecule is CC(C)C(N)CC(=O)NC1CCN(C)C1. The van der Waals surface area contributed by atoms with Crippen LogP contribution < -0.4 is 11.1 Å². The molecule has 88 valence electrons. The number of carbonyl (C=O) groups is 1. The molecular weight excluding hydrogens is 190 g/mol. The van der Waals surface area contributed by atoms with E-state index in [0.717, 1.165) is 19.5 Å². The number of nitrogens with two attached hydrogens (primary N) is 1. The maximum Gasteiger partial charge on any atom is 0.221 e. The van der Waals surface area contributed by atoms with Gasteiger partial charge in [0.05, 0.1) is 0 Å². The Morgan fingerprint density at radius 2 is 2.27 bits per heavy atom. The minimum atomic E-state index is -0.0240. The standard InChI is InChI=1S/C11H23N3O/c1-8(2)10(12)6-11(15)13-9-4-5-14(3)7-9/h8-10H,4-7,12H2,1-3H3,(H,13,15). The number of rotatable bonds is 4. The second kappa shape index (κ2) is 5.47. The Morgan fingerprint density at radius 3 is 2.73 bits per heavy atom. The average Bonchev–Trinajstić information content (AvgIpc) is 2.50. The molecule has 4 heteroatoms. The van der Waals surface area contributed by atoms with E-state index in [1.54, 1.807) is 0 Å². The van der Waals surface area contributed by atoms with Crippen LogP contribution in [0.25, 0.3) is 0 Å². The van der Waals surface area contributed by atoms with Crippen LogP contribution in [0, 0.1) is 5.92 Å². The van der Waals surface area contributed by atoms with Crippen LogP contribution in [0.1, 0.15) is 26.7 Å². The zero-order chi connectivity index (χ0) is 11.4. The van der Waals surface area contributed by atoms with Crippen molar-refractivity contribution in [1.82, 2.24) is 10.2 Å². The van der Waals surface area contributed by atoms with E-state index in [4.69, 9.17) is 5.73 Å². The van der Waals surface area contributed by atoms with Crippen molar-refractivity contribution in [3.8, 4) is 0 Å². The third-order valence-electron chi connectivity index (χ3n) is 3.03. The van der Waals surface area contributed by atoms with Gasteiger partial charge in [-0.3, -0.25) is 4.79 Å². The van der Waals surface area contributed by atoms with Crippen molar-refractivity contribution in [2.75, 3.05) is 20.1 Å². The molecule has 15 heavy (non-hydrogen) atoms. The Morgan fingerprint density at radius 1 is 1.60 bits per heavy atom. The van der Waals surface area contributed by atoms with Crippen LogP contribution in [0.3, 0.4) is 0 Å². The molecule has 1 rings (SSSR count). The average molecular weight is 213 g/mol. The van der Waals surface area contributed by atoms with E-state index in [9.17, 15) is 4.79 Å². The zero-order valence-corrected chi connectivity index (χ0v) is 9.99. The Labute approximate surface area is 92.2 Å². The summed E-state index contributed by atoms with van der Waals surface area (Å²) in [5.41, 5.74) is 5.85. The van der Waals surface area contributed by atoms with Crippen molar-refractivity contribution < 1.29 is 4.79 Å². The summed E-state index contributed by atoms with van der Waals surface area (Å²) in [6.45, 7) is 6.12. The Bertz CT molecular complexity index is 218. The van der Waals surface area contributed by atoms with Crippen molar-refractivity contribution in [3.63, 3.8) is 0 Å². The molecule has 0 radical (unpaired) electrons. The number of amides is 1. The lowest BCUT2D eigenvalue weighted by Crippen LogP contribution is -2.40. The third-order valence-corrected chi connectivity index (χ3v) is 3.03. The summed E-state index contributed by atoms with van der Waals surface area (Å²) in [6.07, 6.45) is 1.50. The first-order valence-electron chi connectivity index (χ1n) is 5.72. The maximum absolute atomic E-state index is 11.6. The fourth-order valence-corrected chi connectivity index (χ4v) is 1.79. The molecule has 2 unspecified atom stereocenters. The van der Waals surface area contributed by atoms with Gasteiger partial charge in [-0.05, 0) is 25.9 Å². The summed E-state index contributed by atoms with van der Waals surface area (Å²) >= 11 is 0. The smallest absolute Gasteiger partial charge is 0.221 e. The van der Waals surface area contributed by atoms with Crippen molar-refractivity contribution in [1.29, 1.82) is 0 Å². The molecular formula is C11H23N3O. The Hall–Kier alpha value is -0.610. The first-order chi connectivity index (χ1) is 6.99. The highest BCUT2D eigenvalue weighted by Gasteiger charge is 2.22. The Balaban J connectivity index is 2.24. The van der Waals surface area contributed by atoms with Crippen LogP contribution in [-0.4, -0.2) is 43.0 Å². The molecule has 1 heterocycles. The van der Waals surface area contributed by atoms with E-state index in [1.165, 1.54) is 0 Å². The van der Waals surface area contributed by atoms with Crippen LogP contribution in [-0.2, 0) is 4.79 Å². The molecule has 3 N–H and O–H groups in total. The van der Waals surface area contributed by atoms with Gasteiger partial charge in [0.25, 0.3) is 0 Å². The van der Waals surface area contributed by atoms with Crippen LogP contribution in [0.15, 0.2) is 0 Å². The molecule has 2 atom stereocenters. The van der Waals surface area contributed by atoms with Gasteiger partial charge >= 0.3 is 0 Å². The molecule has 1 saturated heterocycles. The van der Waals surface area contributed by atoms with Gasteiger partial charge in [0, 0.05) is 25.0 Å². The second-order valence-electron chi connectivity index (χ2n) is 4.93. The van der Waals surface area contributed by atoms with Crippen molar-refractivity contribution in [2.45, 2.75) is 38.8 Å². The second-order valence-corrected chi connectivity index (χ2v) is 4.93. The maximum atomic E-state index is 11.6.